The molecule has 0 bridgehead atoms. The van der Waals surface area contributed by atoms with Gasteiger partial charge in [0.25, 0.3) is 0 Å². The summed E-state index contributed by atoms with van der Waals surface area (Å²) in [6.07, 6.45) is -3.47. The van der Waals surface area contributed by atoms with Gasteiger partial charge >= 0.3 is 6.18 Å². The van der Waals surface area contributed by atoms with Gasteiger partial charge in [0.1, 0.15) is 0 Å². The van der Waals surface area contributed by atoms with Crippen LogP contribution in [-0.4, -0.2) is 5.71 Å². The van der Waals surface area contributed by atoms with Gasteiger partial charge in [-0.15, -0.1) is 0 Å². The molecule has 110 valence electrons. The molecule has 0 spiro atoms. The van der Waals surface area contributed by atoms with Crippen LogP contribution in [0.15, 0.2) is 53.5 Å². The number of alkyl halides is 3. The maximum atomic E-state index is 12.9. The summed E-state index contributed by atoms with van der Waals surface area (Å²) in [5, 5.41) is 0. The minimum atomic E-state index is -4.40. The van der Waals surface area contributed by atoms with Crippen LogP contribution in [0.3, 0.4) is 0 Å². The van der Waals surface area contributed by atoms with Crippen LogP contribution in [0.4, 0.5) is 18.9 Å². The van der Waals surface area contributed by atoms with Crippen molar-refractivity contribution in [3.05, 3.63) is 65.2 Å². The summed E-state index contributed by atoms with van der Waals surface area (Å²) in [4.78, 5) is 4.15. The normalized spacial score (nSPS) is 12.5. The third-order valence-electron chi connectivity index (χ3n) is 3.28. The third kappa shape index (κ3) is 3.72. The Labute approximate surface area is 122 Å². The SMILES string of the molecule is CCc1ccc(C(C)=Nc2ccccc2C(F)(F)F)cc1. The summed E-state index contributed by atoms with van der Waals surface area (Å²) < 4.78 is 38.8. The van der Waals surface area contributed by atoms with E-state index in [1.807, 2.05) is 24.3 Å². The molecule has 0 aromatic heterocycles. The Kier molecular flexibility index (Phi) is 4.46. The highest BCUT2D eigenvalue weighted by atomic mass is 19.4. The number of aryl methyl sites for hydroxylation is 1. The second-order valence-electron chi connectivity index (χ2n) is 4.76. The van der Waals surface area contributed by atoms with E-state index in [2.05, 4.69) is 11.9 Å². The highest BCUT2D eigenvalue weighted by Gasteiger charge is 2.33. The van der Waals surface area contributed by atoms with Crippen molar-refractivity contribution in [2.24, 2.45) is 4.99 Å². The van der Waals surface area contributed by atoms with Crippen LogP contribution in [0.2, 0.25) is 0 Å². The largest absolute Gasteiger partial charge is 0.418 e. The lowest BCUT2D eigenvalue weighted by molar-refractivity contribution is -0.137. The standard InChI is InChI=1S/C17H16F3N/c1-3-13-8-10-14(11-9-13)12(2)21-16-7-5-4-6-15(16)17(18,19)20/h4-11H,3H2,1-2H3. The molecule has 0 aliphatic rings. The minimum Gasteiger partial charge on any atom is -0.253 e. The van der Waals surface area contributed by atoms with Crippen molar-refractivity contribution in [1.29, 1.82) is 0 Å². The molecule has 0 unspecified atom stereocenters. The van der Waals surface area contributed by atoms with Crippen LogP contribution in [0.5, 0.6) is 0 Å². The number of hydrogen-bond acceptors (Lipinski definition) is 1. The van der Waals surface area contributed by atoms with Gasteiger partial charge < -0.3 is 0 Å². The van der Waals surface area contributed by atoms with Crippen LogP contribution < -0.4 is 0 Å². The number of hydrogen-bond donors (Lipinski definition) is 0. The molecule has 0 radical (unpaired) electrons. The van der Waals surface area contributed by atoms with E-state index < -0.39 is 11.7 Å². The Morgan fingerprint density at radius 3 is 2.19 bits per heavy atom. The van der Waals surface area contributed by atoms with Crippen LogP contribution >= 0.6 is 0 Å². The number of halogens is 3. The number of aliphatic imine (C=N–C) groups is 1. The maximum absolute atomic E-state index is 12.9. The highest BCUT2D eigenvalue weighted by molar-refractivity contribution is 6.00. The molecular formula is C17H16F3N. The molecule has 0 aliphatic carbocycles. The monoisotopic (exact) mass is 291 g/mol. The van der Waals surface area contributed by atoms with Crippen molar-refractivity contribution in [2.45, 2.75) is 26.4 Å². The van der Waals surface area contributed by atoms with Gasteiger partial charge in [0.2, 0.25) is 0 Å². The fraction of sp³-hybridized carbons (Fsp3) is 0.235. The number of para-hydroxylation sites is 1. The van der Waals surface area contributed by atoms with E-state index in [-0.39, 0.29) is 5.69 Å². The number of nitrogens with zero attached hydrogens (tertiary/aromatic N) is 1. The first-order valence-electron chi connectivity index (χ1n) is 6.72. The highest BCUT2D eigenvalue weighted by Crippen LogP contribution is 2.36. The lowest BCUT2D eigenvalue weighted by atomic mass is 10.1. The molecule has 2 aromatic carbocycles. The van der Waals surface area contributed by atoms with Gasteiger partial charge in [-0.1, -0.05) is 43.3 Å². The number of rotatable bonds is 3. The zero-order valence-electron chi connectivity index (χ0n) is 11.9. The molecule has 0 fully saturated rings. The van der Waals surface area contributed by atoms with Gasteiger partial charge in [0, 0.05) is 5.71 Å². The summed E-state index contributed by atoms with van der Waals surface area (Å²) in [5.41, 5.74) is 1.80. The van der Waals surface area contributed by atoms with E-state index in [0.717, 1.165) is 18.1 Å². The van der Waals surface area contributed by atoms with Crippen molar-refractivity contribution >= 4 is 11.4 Å². The van der Waals surface area contributed by atoms with Gasteiger partial charge in [-0.25, -0.2) is 0 Å². The molecule has 2 aromatic rings. The topological polar surface area (TPSA) is 12.4 Å². The predicted molar refractivity (Wildman–Crippen MR) is 79.1 cm³/mol. The molecule has 0 saturated heterocycles. The lowest BCUT2D eigenvalue weighted by Gasteiger charge is -2.10. The van der Waals surface area contributed by atoms with Gasteiger partial charge in [-0.05, 0) is 36.6 Å². The van der Waals surface area contributed by atoms with Crippen LogP contribution in [0.25, 0.3) is 0 Å². The van der Waals surface area contributed by atoms with E-state index in [0.29, 0.717) is 5.71 Å². The quantitative estimate of drug-likeness (QED) is 0.671. The first-order valence-corrected chi connectivity index (χ1v) is 6.72. The minimum absolute atomic E-state index is 0.0536. The Hall–Kier alpha value is -2.10. The molecule has 0 saturated carbocycles. The van der Waals surface area contributed by atoms with Crippen molar-refractivity contribution < 1.29 is 13.2 Å². The zero-order chi connectivity index (χ0) is 15.5. The Bertz CT molecular complexity index is 640. The third-order valence-corrected chi connectivity index (χ3v) is 3.28. The summed E-state index contributed by atoms with van der Waals surface area (Å²) in [6.45, 7) is 3.77. The first-order chi connectivity index (χ1) is 9.91. The van der Waals surface area contributed by atoms with Gasteiger partial charge in [0.05, 0.1) is 11.3 Å². The van der Waals surface area contributed by atoms with Crippen LogP contribution in [0, 0.1) is 0 Å². The maximum Gasteiger partial charge on any atom is 0.418 e. The molecule has 0 amide bonds. The van der Waals surface area contributed by atoms with Crippen molar-refractivity contribution in [1.82, 2.24) is 0 Å². The Balaban J connectivity index is 2.39. The van der Waals surface area contributed by atoms with E-state index in [1.165, 1.54) is 17.7 Å². The molecule has 0 heterocycles. The fourth-order valence-electron chi connectivity index (χ4n) is 2.04. The summed E-state index contributed by atoms with van der Waals surface area (Å²) in [7, 11) is 0. The van der Waals surface area contributed by atoms with E-state index >= 15 is 0 Å². The molecule has 0 aliphatic heterocycles. The van der Waals surface area contributed by atoms with Gasteiger partial charge in [-0.3, -0.25) is 4.99 Å². The van der Waals surface area contributed by atoms with Crippen molar-refractivity contribution in [3.63, 3.8) is 0 Å². The summed E-state index contributed by atoms with van der Waals surface area (Å²) >= 11 is 0. The molecular weight excluding hydrogens is 275 g/mol. The Morgan fingerprint density at radius 2 is 1.62 bits per heavy atom. The van der Waals surface area contributed by atoms with E-state index in [4.69, 9.17) is 0 Å². The number of benzene rings is 2. The zero-order valence-corrected chi connectivity index (χ0v) is 11.9. The predicted octanol–water partition coefficient (Wildman–Crippen LogP) is 5.41. The van der Waals surface area contributed by atoms with E-state index in [1.54, 1.807) is 13.0 Å². The molecule has 0 N–H and O–H groups in total. The lowest BCUT2D eigenvalue weighted by Crippen LogP contribution is -2.05. The molecule has 21 heavy (non-hydrogen) atoms. The van der Waals surface area contributed by atoms with Crippen molar-refractivity contribution in [2.75, 3.05) is 0 Å². The first kappa shape index (κ1) is 15.3. The fourth-order valence-corrected chi connectivity index (χ4v) is 2.04. The van der Waals surface area contributed by atoms with Crippen LogP contribution in [-0.2, 0) is 12.6 Å². The average Bonchev–Trinajstić information content (AvgIpc) is 2.47. The van der Waals surface area contributed by atoms with Gasteiger partial charge in [0.15, 0.2) is 0 Å². The second-order valence-corrected chi connectivity index (χ2v) is 4.76. The Morgan fingerprint density at radius 1 is 1.00 bits per heavy atom. The molecule has 4 heteroatoms. The second kappa shape index (κ2) is 6.12. The smallest absolute Gasteiger partial charge is 0.253 e. The molecule has 0 atom stereocenters. The van der Waals surface area contributed by atoms with Crippen molar-refractivity contribution in [3.8, 4) is 0 Å². The van der Waals surface area contributed by atoms with Gasteiger partial charge in [-0.2, -0.15) is 13.2 Å². The molecule has 1 nitrogen and oxygen atoms in total. The van der Waals surface area contributed by atoms with E-state index in [9.17, 15) is 13.2 Å². The average molecular weight is 291 g/mol. The van der Waals surface area contributed by atoms with Crippen LogP contribution in [0.1, 0.15) is 30.5 Å². The summed E-state index contributed by atoms with van der Waals surface area (Å²) in [6, 6.07) is 13.0. The summed E-state index contributed by atoms with van der Waals surface area (Å²) in [5.74, 6) is 0. The molecule has 2 rings (SSSR count).